The molecule has 2 rings (SSSR count). The molecule has 0 aliphatic carbocycles. The van der Waals surface area contributed by atoms with Crippen LogP contribution >= 0.6 is 0 Å². The van der Waals surface area contributed by atoms with Gasteiger partial charge in [-0.25, -0.2) is 0 Å². The molecule has 0 aliphatic heterocycles. The third-order valence-corrected chi connectivity index (χ3v) is 2.59. The predicted molar refractivity (Wildman–Crippen MR) is 75.3 cm³/mol. The Hall–Kier alpha value is -2.51. The molecule has 112 valence electrons. The van der Waals surface area contributed by atoms with Crippen LogP contribution in [0.5, 0.6) is 0 Å². The topological polar surface area (TPSA) is 75.9 Å². The fourth-order valence-corrected chi connectivity index (χ4v) is 1.69. The van der Waals surface area contributed by atoms with Crippen LogP contribution in [-0.2, 0) is 6.18 Å². The first kappa shape index (κ1) is 14.9. The third-order valence-electron chi connectivity index (χ3n) is 2.59. The van der Waals surface area contributed by atoms with E-state index in [9.17, 15) is 13.2 Å². The van der Waals surface area contributed by atoms with Gasteiger partial charge in [-0.05, 0) is 31.2 Å². The smallest absolute Gasteiger partial charge is 0.370 e. The second-order valence-electron chi connectivity index (χ2n) is 4.23. The highest BCUT2D eigenvalue weighted by atomic mass is 19.4. The largest absolute Gasteiger partial charge is 0.416 e. The van der Waals surface area contributed by atoms with Crippen LogP contribution in [0.15, 0.2) is 30.3 Å². The number of rotatable bonds is 4. The summed E-state index contributed by atoms with van der Waals surface area (Å²) in [5, 5.41) is 5.87. The third kappa shape index (κ3) is 3.98. The van der Waals surface area contributed by atoms with Crippen molar-refractivity contribution in [2.24, 2.45) is 0 Å². The van der Waals surface area contributed by atoms with E-state index in [0.29, 0.717) is 23.9 Å². The van der Waals surface area contributed by atoms with Crippen LogP contribution in [0.2, 0.25) is 0 Å². The zero-order chi connectivity index (χ0) is 15.5. The van der Waals surface area contributed by atoms with Gasteiger partial charge in [-0.3, -0.25) is 0 Å². The van der Waals surface area contributed by atoms with Gasteiger partial charge in [-0.15, -0.1) is 0 Å². The molecule has 1 aromatic carbocycles. The van der Waals surface area contributed by atoms with Gasteiger partial charge in [-0.2, -0.15) is 23.1 Å². The molecule has 0 aliphatic rings. The normalized spacial score (nSPS) is 11.2. The molecular formula is C13H14F3N5. The van der Waals surface area contributed by atoms with Crippen molar-refractivity contribution in [2.75, 3.05) is 22.9 Å². The van der Waals surface area contributed by atoms with Crippen molar-refractivity contribution in [3.63, 3.8) is 0 Å². The zero-order valence-electron chi connectivity index (χ0n) is 11.2. The van der Waals surface area contributed by atoms with Crippen LogP contribution < -0.4 is 16.4 Å². The molecule has 21 heavy (non-hydrogen) atoms. The molecule has 2 aromatic rings. The fraction of sp³-hybridized carbons (Fsp3) is 0.231. The summed E-state index contributed by atoms with van der Waals surface area (Å²) in [4.78, 5) is 7.95. The van der Waals surface area contributed by atoms with Crippen LogP contribution in [0, 0.1) is 0 Å². The Morgan fingerprint density at radius 1 is 1.10 bits per heavy atom. The Kier molecular flexibility index (Phi) is 4.15. The highest BCUT2D eigenvalue weighted by molar-refractivity contribution is 5.61. The average molecular weight is 297 g/mol. The molecular weight excluding hydrogens is 283 g/mol. The van der Waals surface area contributed by atoms with Gasteiger partial charge in [0.1, 0.15) is 11.6 Å². The lowest BCUT2D eigenvalue weighted by Gasteiger charge is -2.10. The van der Waals surface area contributed by atoms with E-state index in [1.54, 1.807) is 6.07 Å². The van der Waals surface area contributed by atoms with E-state index in [0.717, 1.165) is 12.1 Å². The molecule has 0 atom stereocenters. The van der Waals surface area contributed by atoms with Crippen molar-refractivity contribution >= 4 is 23.3 Å². The molecule has 0 bridgehead atoms. The first-order chi connectivity index (χ1) is 9.88. The number of hydrogen-bond acceptors (Lipinski definition) is 5. The van der Waals surface area contributed by atoms with Gasteiger partial charge in [0.15, 0.2) is 0 Å². The molecule has 8 heteroatoms. The van der Waals surface area contributed by atoms with Crippen molar-refractivity contribution in [2.45, 2.75) is 13.1 Å². The zero-order valence-corrected chi connectivity index (χ0v) is 11.2. The van der Waals surface area contributed by atoms with Gasteiger partial charge >= 0.3 is 6.18 Å². The molecule has 0 saturated heterocycles. The molecule has 0 radical (unpaired) electrons. The SMILES string of the molecule is CCNc1cc(Nc2ccc(C(F)(F)F)cc2)nc(N)n1. The summed E-state index contributed by atoms with van der Waals surface area (Å²) < 4.78 is 37.4. The molecule has 4 N–H and O–H groups in total. The Morgan fingerprint density at radius 3 is 2.29 bits per heavy atom. The van der Waals surface area contributed by atoms with E-state index in [1.807, 2.05) is 6.92 Å². The lowest BCUT2D eigenvalue weighted by Crippen LogP contribution is -2.06. The van der Waals surface area contributed by atoms with E-state index in [-0.39, 0.29) is 5.95 Å². The first-order valence-corrected chi connectivity index (χ1v) is 6.21. The van der Waals surface area contributed by atoms with Crippen molar-refractivity contribution < 1.29 is 13.2 Å². The van der Waals surface area contributed by atoms with Gasteiger partial charge < -0.3 is 16.4 Å². The molecule has 0 fully saturated rings. The number of hydrogen-bond donors (Lipinski definition) is 3. The minimum Gasteiger partial charge on any atom is -0.370 e. The maximum absolute atomic E-state index is 12.5. The van der Waals surface area contributed by atoms with E-state index >= 15 is 0 Å². The average Bonchev–Trinajstić information content (AvgIpc) is 2.38. The Labute approximate surface area is 119 Å². The quantitative estimate of drug-likeness (QED) is 0.807. The minimum absolute atomic E-state index is 0.0721. The number of nitrogens with one attached hydrogen (secondary N) is 2. The van der Waals surface area contributed by atoms with Gasteiger partial charge in [0.25, 0.3) is 0 Å². The molecule has 0 spiro atoms. The molecule has 0 unspecified atom stereocenters. The lowest BCUT2D eigenvalue weighted by molar-refractivity contribution is -0.137. The molecule has 5 nitrogen and oxygen atoms in total. The van der Waals surface area contributed by atoms with E-state index in [1.165, 1.54) is 12.1 Å². The number of aromatic nitrogens is 2. The highest BCUT2D eigenvalue weighted by Crippen LogP contribution is 2.30. The van der Waals surface area contributed by atoms with Crippen LogP contribution in [0.4, 0.5) is 36.4 Å². The number of nitrogens with zero attached hydrogens (tertiary/aromatic N) is 2. The summed E-state index contributed by atoms with van der Waals surface area (Å²) in [5.41, 5.74) is 5.34. The molecule has 0 amide bonds. The molecule has 0 saturated carbocycles. The van der Waals surface area contributed by atoms with Crippen LogP contribution in [0.3, 0.4) is 0 Å². The van der Waals surface area contributed by atoms with Crippen molar-refractivity contribution in [1.82, 2.24) is 9.97 Å². The molecule has 1 aromatic heterocycles. The molecule has 1 heterocycles. The summed E-state index contributed by atoms with van der Waals surface area (Å²) >= 11 is 0. The number of nitrogen functional groups attached to an aromatic ring is 1. The number of halogens is 3. The maximum Gasteiger partial charge on any atom is 0.416 e. The number of benzene rings is 1. The first-order valence-electron chi connectivity index (χ1n) is 6.21. The number of alkyl halides is 3. The lowest BCUT2D eigenvalue weighted by atomic mass is 10.2. The van der Waals surface area contributed by atoms with Gasteiger partial charge in [0.05, 0.1) is 5.56 Å². The monoisotopic (exact) mass is 297 g/mol. The van der Waals surface area contributed by atoms with Crippen LogP contribution in [0.1, 0.15) is 12.5 Å². The Balaban J connectivity index is 2.18. The minimum atomic E-state index is -4.35. The Morgan fingerprint density at radius 2 is 1.71 bits per heavy atom. The second kappa shape index (κ2) is 5.86. The number of nitrogens with two attached hydrogens (primary N) is 1. The van der Waals surface area contributed by atoms with Crippen molar-refractivity contribution in [3.05, 3.63) is 35.9 Å². The van der Waals surface area contributed by atoms with Gasteiger partial charge in [0.2, 0.25) is 5.95 Å². The van der Waals surface area contributed by atoms with E-state index < -0.39 is 11.7 Å². The summed E-state index contributed by atoms with van der Waals surface area (Å²) in [6.07, 6.45) is -4.35. The van der Waals surface area contributed by atoms with E-state index in [2.05, 4.69) is 20.6 Å². The van der Waals surface area contributed by atoms with Crippen molar-refractivity contribution in [1.29, 1.82) is 0 Å². The summed E-state index contributed by atoms with van der Waals surface area (Å²) in [6, 6.07) is 6.27. The fourth-order valence-electron chi connectivity index (χ4n) is 1.69. The summed E-state index contributed by atoms with van der Waals surface area (Å²) in [5.74, 6) is 1.01. The van der Waals surface area contributed by atoms with E-state index in [4.69, 9.17) is 5.73 Å². The predicted octanol–water partition coefficient (Wildman–Crippen LogP) is 3.25. The second-order valence-corrected chi connectivity index (χ2v) is 4.23. The Bertz CT molecular complexity index is 610. The van der Waals surface area contributed by atoms with Crippen molar-refractivity contribution in [3.8, 4) is 0 Å². The van der Waals surface area contributed by atoms with Gasteiger partial charge in [0, 0.05) is 18.3 Å². The van der Waals surface area contributed by atoms with Gasteiger partial charge in [-0.1, -0.05) is 0 Å². The number of anilines is 4. The van der Waals surface area contributed by atoms with Crippen LogP contribution in [0.25, 0.3) is 0 Å². The van der Waals surface area contributed by atoms with Crippen LogP contribution in [-0.4, -0.2) is 16.5 Å². The highest BCUT2D eigenvalue weighted by Gasteiger charge is 2.29. The maximum atomic E-state index is 12.5. The summed E-state index contributed by atoms with van der Waals surface area (Å²) in [7, 11) is 0. The standard InChI is InChI=1S/C13H14F3N5/c1-2-18-10-7-11(21-12(17)20-10)19-9-5-3-8(4-6-9)13(14,15)16/h3-7H,2H2,1H3,(H4,17,18,19,20,21). The summed E-state index contributed by atoms with van der Waals surface area (Å²) in [6.45, 7) is 2.57.